The highest BCUT2D eigenvalue weighted by Gasteiger charge is 2.07. The average Bonchev–Trinajstić information content (AvgIpc) is 2.48. The molecule has 4 radical (unpaired) electrons. The van der Waals surface area contributed by atoms with E-state index in [4.69, 9.17) is 0 Å². The monoisotopic (exact) mass is 282 g/mol. The standard InChI is InChI=1S/C12H18N4O4/c17-9-13-3-1-5-15(11-19)7-8-16(12-20)6-2-4-14-10-18/h1-8H2,(H,13,17)(H,14,18). The van der Waals surface area contributed by atoms with E-state index in [1.54, 1.807) is 25.6 Å². The van der Waals surface area contributed by atoms with Crippen LogP contribution in [0.3, 0.4) is 0 Å². The molecule has 0 spiro atoms. The number of nitrogens with one attached hydrogen (secondary N) is 2. The fourth-order valence-corrected chi connectivity index (χ4v) is 1.47. The second-order valence-corrected chi connectivity index (χ2v) is 3.92. The van der Waals surface area contributed by atoms with Gasteiger partial charge in [-0.25, -0.2) is 0 Å². The van der Waals surface area contributed by atoms with Gasteiger partial charge in [0.1, 0.15) is 0 Å². The quantitative estimate of drug-likeness (QED) is 0.263. The number of nitrogens with zero attached hydrogens (tertiary/aromatic N) is 2. The van der Waals surface area contributed by atoms with E-state index in [0.29, 0.717) is 52.1 Å². The van der Waals surface area contributed by atoms with E-state index in [2.05, 4.69) is 10.6 Å². The predicted molar refractivity (Wildman–Crippen MR) is 71.2 cm³/mol. The lowest BCUT2D eigenvalue weighted by Gasteiger charge is -2.21. The smallest absolute Gasteiger partial charge is 0.312 e. The minimum atomic E-state index is 0.344. The Morgan fingerprint density at radius 1 is 0.650 bits per heavy atom. The first kappa shape index (κ1) is 17.9. The minimum Gasteiger partial charge on any atom is -0.348 e. The van der Waals surface area contributed by atoms with Gasteiger partial charge in [0.15, 0.2) is 0 Å². The molecule has 0 aromatic carbocycles. The van der Waals surface area contributed by atoms with Crippen LogP contribution in [0.25, 0.3) is 0 Å². The third kappa shape index (κ3) is 9.86. The van der Waals surface area contributed by atoms with Gasteiger partial charge in [0.25, 0.3) is 0 Å². The summed E-state index contributed by atoms with van der Waals surface area (Å²) in [6.07, 6.45) is 7.81. The maximum absolute atomic E-state index is 10.7. The van der Waals surface area contributed by atoms with E-state index >= 15 is 0 Å². The Balaban J connectivity index is 3.80. The molecule has 0 fully saturated rings. The summed E-state index contributed by atoms with van der Waals surface area (Å²) < 4.78 is 0. The van der Waals surface area contributed by atoms with Crippen molar-refractivity contribution in [1.82, 2.24) is 20.4 Å². The van der Waals surface area contributed by atoms with Gasteiger partial charge in [0, 0.05) is 39.3 Å². The summed E-state index contributed by atoms with van der Waals surface area (Å²) in [7, 11) is 0. The largest absolute Gasteiger partial charge is 0.348 e. The van der Waals surface area contributed by atoms with Gasteiger partial charge in [0.2, 0.25) is 0 Å². The lowest BCUT2D eigenvalue weighted by molar-refractivity contribution is 0.308. The Labute approximate surface area is 118 Å². The summed E-state index contributed by atoms with van der Waals surface area (Å²) in [6.45, 7) is 2.42. The summed E-state index contributed by atoms with van der Waals surface area (Å²) in [4.78, 5) is 44.0. The van der Waals surface area contributed by atoms with E-state index in [1.165, 1.54) is 9.80 Å². The highest BCUT2D eigenvalue weighted by atomic mass is 16.1. The number of hydrogen-bond donors (Lipinski definition) is 2. The number of hydrogen-bond acceptors (Lipinski definition) is 4. The van der Waals surface area contributed by atoms with Crippen molar-refractivity contribution < 1.29 is 19.2 Å². The molecule has 0 saturated heterocycles. The minimum absolute atomic E-state index is 0.344. The SMILES string of the molecule is O=[C]NCCCN([C]=O)CCN([C]=O)CCCN[C]=O. The van der Waals surface area contributed by atoms with Gasteiger partial charge >= 0.3 is 25.6 Å². The van der Waals surface area contributed by atoms with E-state index in [9.17, 15) is 19.2 Å². The first-order chi connectivity index (χ1) is 9.78. The summed E-state index contributed by atoms with van der Waals surface area (Å²) >= 11 is 0. The first-order valence-electron chi connectivity index (χ1n) is 6.24. The Morgan fingerprint density at radius 2 is 1.05 bits per heavy atom. The van der Waals surface area contributed by atoms with Crippen LogP contribution in [0.5, 0.6) is 0 Å². The Bertz CT molecular complexity index is 261. The van der Waals surface area contributed by atoms with Crippen molar-refractivity contribution in [3.05, 3.63) is 0 Å². The molecule has 8 nitrogen and oxygen atoms in total. The zero-order valence-electron chi connectivity index (χ0n) is 11.2. The van der Waals surface area contributed by atoms with Crippen molar-refractivity contribution in [2.75, 3.05) is 39.3 Å². The van der Waals surface area contributed by atoms with Crippen LogP contribution in [0.4, 0.5) is 0 Å². The fraction of sp³-hybridized carbons (Fsp3) is 0.667. The van der Waals surface area contributed by atoms with Crippen LogP contribution in [0.1, 0.15) is 12.8 Å². The van der Waals surface area contributed by atoms with E-state index in [0.717, 1.165) is 0 Å². The van der Waals surface area contributed by atoms with Crippen LogP contribution in [0.2, 0.25) is 0 Å². The van der Waals surface area contributed by atoms with Gasteiger partial charge in [-0.2, -0.15) is 0 Å². The van der Waals surface area contributed by atoms with Crippen LogP contribution >= 0.6 is 0 Å². The summed E-state index contributed by atoms with van der Waals surface area (Å²) in [5, 5.41) is 4.74. The van der Waals surface area contributed by atoms with Crippen molar-refractivity contribution in [2.24, 2.45) is 0 Å². The molecule has 0 heterocycles. The second kappa shape index (κ2) is 13.3. The lowest BCUT2D eigenvalue weighted by atomic mass is 10.3. The average molecular weight is 282 g/mol. The van der Waals surface area contributed by atoms with Crippen LogP contribution in [0.15, 0.2) is 0 Å². The molecule has 0 rings (SSSR count). The Morgan fingerprint density at radius 3 is 1.35 bits per heavy atom. The van der Waals surface area contributed by atoms with E-state index in [-0.39, 0.29) is 0 Å². The summed E-state index contributed by atoms with van der Waals surface area (Å²) in [5.41, 5.74) is 0. The molecule has 0 saturated carbocycles. The van der Waals surface area contributed by atoms with Crippen LogP contribution in [0, 0.1) is 0 Å². The molecule has 0 aliphatic carbocycles. The molecule has 4 amide bonds. The molecule has 0 aliphatic rings. The summed E-state index contributed by atoms with van der Waals surface area (Å²) in [6, 6.07) is 0. The molecule has 0 bridgehead atoms. The maximum Gasteiger partial charge on any atom is 0.312 e. The zero-order valence-corrected chi connectivity index (χ0v) is 11.2. The van der Waals surface area contributed by atoms with Gasteiger partial charge < -0.3 is 20.4 Å². The highest BCUT2D eigenvalue weighted by molar-refractivity contribution is 5.50. The zero-order chi connectivity index (χ0) is 15.1. The predicted octanol–water partition coefficient (Wildman–Crippen LogP) is -2.18. The molecule has 0 atom stereocenters. The lowest BCUT2D eigenvalue weighted by Crippen LogP contribution is -2.36. The molecule has 2 N–H and O–H groups in total. The van der Waals surface area contributed by atoms with Gasteiger partial charge in [0.05, 0.1) is 0 Å². The molecule has 110 valence electrons. The summed E-state index contributed by atoms with van der Waals surface area (Å²) in [5.74, 6) is 0. The van der Waals surface area contributed by atoms with Crippen molar-refractivity contribution in [3.63, 3.8) is 0 Å². The van der Waals surface area contributed by atoms with Gasteiger partial charge in [-0.1, -0.05) is 0 Å². The highest BCUT2D eigenvalue weighted by Crippen LogP contribution is 1.92. The molecular formula is C12H18N4O4. The molecule has 0 unspecified atom stereocenters. The van der Waals surface area contributed by atoms with E-state index < -0.39 is 0 Å². The van der Waals surface area contributed by atoms with Crippen molar-refractivity contribution in [1.29, 1.82) is 0 Å². The van der Waals surface area contributed by atoms with Crippen molar-refractivity contribution in [3.8, 4) is 0 Å². The van der Waals surface area contributed by atoms with Gasteiger partial charge in [-0.05, 0) is 12.8 Å². The normalized spacial score (nSPS) is 9.40. The third-order valence-corrected chi connectivity index (χ3v) is 2.50. The first-order valence-corrected chi connectivity index (χ1v) is 6.24. The fourth-order valence-electron chi connectivity index (χ4n) is 1.47. The van der Waals surface area contributed by atoms with Crippen LogP contribution in [-0.4, -0.2) is 74.7 Å². The Kier molecular flexibility index (Phi) is 11.9. The molecule has 0 aromatic heterocycles. The molecule has 0 aliphatic heterocycles. The van der Waals surface area contributed by atoms with Gasteiger partial charge in [-0.3, -0.25) is 19.2 Å². The molecule has 8 heteroatoms. The molecule has 0 aromatic rings. The van der Waals surface area contributed by atoms with Crippen molar-refractivity contribution >= 4 is 25.6 Å². The number of amides is 4. The molecular weight excluding hydrogens is 264 g/mol. The molecule has 20 heavy (non-hydrogen) atoms. The number of carbonyl (C=O) groups excluding carboxylic acids is 4. The van der Waals surface area contributed by atoms with Crippen molar-refractivity contribution in [2.45, 2.75) is 12.8 Å². The second-order valence-electron chi connectivity index (χ2n) is 3.92. The van der Waals surface area contributed by atoms with Crippen LogP contribution in [-0.2, 0) is 19.2 Å². The Hall–Kier alpha value is -2.12. The number of rotatable bonds is 15. The van der Waals surface area contributed by atoms with Gasteiger partial charge in [-0.15, -0.1) is 0 Å². The third-order valence-electron chi connectivity index (χ3n) is 2.50. The maximum atomic E-state index is 10.7. The van der Waals surface area contributed by atoms with Crippen LogP contribution < -0.4 is 10.6 Å². The topological polar surface area (TPSA) is 98.8 Å². The van der Waals surface area contributed by atoms with E-state index in [1.807, 2.05) is 0 Å².